The summed E-state index contributed by atoms with van der Waals surface area (Å²) in [5, 5.41) is 22.5. The van der Waals surface area contributed by atoms with Gasteiger partial charge in [-0.15, -0.1) is 0 Å². The minimum atomic E-state index is -1.50. The first-order valence-corrected chi connectivity index (χ1v) is 6.05. The number of aliphatic carboxylic acids is 1. The van der Waals surface area contributed by atoms with E-state index < -0.39 is 18.1 Å². The third-order valence-electron chi connectivity index (χ3n) is 2.28. The van der Waals surface area contributed by atoms with Crippen LogP contribution in [0.5, 0.6) is 0 Å². The summed E-state index contributed by atoms with van der Waals surface area (Å²) in [7, 11) is 1.45. The number of amides is 3. The summed E-state index contributed by atoms with van der Waals surface area (Å²) in [6.07, 6.45) is -0.774. The highest BCUT2D eigenvalue weighted by atomic mass is 16.4. The molecule has 19 heavy (non-hydrogen) atoms. The van der Waals surface area contributed by atoms with Crippen molar-refractivity contribution in [3.63, 3.8) is 0 Å². The molecule has 1 unspecified atom stereocenters. The van der Waals surface area contributed by atoms with Crippen LogP contribution in [-0.4, -0.2) is 65.8 Å². The molecule has 0 aromatic carbocycles. The number of likely N-dealkylation sites (N-methyl/N-ethyl adjacent to an activating group) is 1. The molecule has 0 aromatic rings. The molecule has 0 rings (SSSR count). The lowest BCUT2D eigenvalue weighted by atomic mass is 10.2. The van der Waals surface area contributed by atoms with Crippen LogP contribution in [-0.2, 0) is 9.59 Å². The molecule has 0 aliphatic carbocycles. The molecule has 8 nitrogen and oxygen atoms in total. The topological polar surface area (TPSA) is 119 Å². The maximum atomic E-state index is 11.5. The molecule has 0 fully saturated rings. The first kappa shape index (κ1) is 17.2. The van der Waals surface area contributed by atoms with E-state index in [1.807, 2.05) is 6.92 Å². The van der Waals surface area contributed by atoms with Crippen LogP contribution in [0.25, 0.3) is 0 Å². The maximum absolute atomic E-state index is 11.5. The smallest absolute Gasteiger partial charge is 0.332 e. The fraction of sp³-hybridized carbons (Fsp3) is 0.727. The van der Waals surface area contributed by atoms with Crippen molar-refractivity contribution in [3.8, 4) is 0 Å². The third kappa shape index (κ3) is 7.98. The molecule has 0 aliphatic heterocycles. The highest BCUT2D eigenvalue weighted by Crippen LogP contribution is 1.91. The Bertz CT molecular complexity index is 321. The number of hydrogen-bond donors (Lipinski definition) is 4. The molecule has 0 bridgehead atoms. The summed E-state index contributed by atoms with van der Waals surface area (Å²) < 4.78 is 0. The van der Waals surface area contributed by atoms with Gasteiger partial charge in [-0.1, -0.05) is 6.92 Å². The predicted octanol–water partition coefficient (Wildman–Crippen LogP) is -1.01. The Hall–Kier alpha value is -1.83. The molecule has 0 heterocycles. The van der Waals surface area contributed by atoms with Crippen LogP contribution in [0, 0.1) is 0 Å². The monoisotopic (exact) mass is 275 g/mol. The fourth-order valence-electron chi connectivity index (χ4n) is 1.18. The molecule has 0 aliphatic rings. The highest BCUT2D eigenvalue weighted by Gasteiger charge is 2.15. The zero-order valence-electron chi connectivity index (χ0n) is 11.2. The number of nitrogens with one attached hydrogen (secondary N) is 2. The van der Waals surface area contributed by atoms with Crippen molar-refractivity contribution in [1.29, 1.82) is 0 Å². The van der Waals surface area contributed by atoms with E-state index in [-0.39, 0.29) is 25.4 Å². The van der Waals surface area contributed by atoms with E-state index in [9.17, 15) is 14.4 Å². The van der Waals surface area contributed by atoms with Crippen LogP contribution >= 0.6 is 0 Å². The number of carbonyl (C=O) groups excluding carboxylic acids is 2. The lowest BCUT2D eigenvalue weighted by Crippen LogP contribution is -2.44. The van der Waals surface area contributed by atoms with Gasteiger partial charge in [0.2, 0.25) is 5.91 Å². The average molecular weight is 275 g/mol. The van der Waals surface area contributed by atoms with Crippen molar-refractivity contribution in [2.45, 2.75) is 25.9 Å². The molecule has 8 heteroatoms. The fourth-order valence-corrected chi connectivity index (χ4v) is 1.18. The first-order chi connectivity index (χ1) is 8.88. The summed E-state index contributed by atoms with van der Waals surface area (Å²) in [6, 6.07) is -0.496. The minimum absolute atomic E-state index is 0.0211. The van der Waals surface area contributed by atoms with E-state index in [1.54, 1.807) is 0 Å². The molecular formula is C11H21N3O5. The molecule has 1 atom stereocenters. The number of nitrogens with zero attached hydrogens (tertiary/aromatic N) is 1. The highest BCUT2D eigenvalue weighted by molar-refractivity contribution is 5.83. The summed E-state index contributed by atoms with van der Waals surface area (Å²) in [6.45, 7) is 2.42. The van der Waals surface area contributed by atoms with Gasteiger partial charge in [-0.3, -0.25) is 4.79 Å². The number of rotatable bonds is 8. The van der Waals surface area contributed by atoms with E-state index in [2.05, 4.69) is 10.6 Å². The minimum Gasteiger partial charge on any atom is -0.479 e. The van der Waals surface area contributed by atoms with Crippen molar-refractivity contribution in [1.82, 2.24) is 15.5 Å². The van der Waals surface area contributed by atoms with E-state index >= 15 is 0 Å². The average Bonchev–Trinajstić information content (AvgIpc) is 2.35. The number of carboxylic acid groups (broad SMARTS) is 1. The quantitative estimate of drug-likeness (QED) is 0.452. The number of aliphatic hydroxyl groups is 1. The maximum Gasteiger partial charge on any atom is 0.332 e. The van der Waals surface area contributed by atoms with Gasteiger partial charge in [0.1, 0.15) is 6.54 Å². The second-order valence-corrected chi connectivity index (χ2v) is 4.08. The van der Waals surface area contributed by atoms with E-state index in [0.29, 0.717) is 6.54 Å². The molecule has 0 saturated heterocycles. The molecule has 0 radical (unpaired) electrons. The largest absolute Gasteiger partial charge is 0.479 e. The normalized spacial score (nSPS) is 11.5. The second kappa shape index (κ2) is 9.15. The summed E-state index contributed by atoms with van der Waals surface area (Å²) >= 11 is 0. The van der Waals surface area contributed by atoms with Gasteiger partial charge in [-0.2, -0.15) is 0 Å². The predicted molar refractivity (Wildman–Crippen MR) is 67.6 cm³/mol. The number of carbonyl (C=O) groups is 3. The van der Waals surface area contributed by atoms with E-state index in [0.717, 1.165) is 6.42 Å². The van der Waals surface area contributed by atoms with Crippen LogP contribution in [0.15, 0.2) is 0 Å². The molecule has 0 aromatic heterocycles. The lowest BCUT2D eigenvalue weighted by molar-refractivity contribution is -0.146. The zero-order chi connectivity index (χ0) is 14.8. The van der Waals surface area contributed by atoms with Gasteiger partial charge in [-0.05, 0) is 6.42 Å². The Morgan fingerprint density at radius 1 is 1.21 bits per heavy atom. The van der Waals surface area contributed by atoms with Crippen LogP contribution < -0.4 is 10.6 Å². The molecular weight excluding hydrogens is 254 g/mol. The SMILES string of the molecule is CCCNC(=O)CN(C)C(=O)NCCC(O)C(=O)O. The van der Waals surface area contributed by atoms with Crippen molar-refractivity contribution in [2.24, 2.45) is 0 Å². The summed E-state index contributed by atoms with van der Waals surface area (Å²) in [4.78, 5) is 34.4. The van der Waals surface area contributed by atoms with Crippen LogP contribution in [0.1, 0.15) is 19.8 Å². The van der Waals surface area contributed by atoms with Gasteiger partial charge in [-0.25, -0.2) is 9.59 Å². The van der Waals surface area contributed by atoms with Crippen LogP contribution in [0.3, 0.4) is 0 Å². The van der Waals surface area contributed by atoms with Gasteiger partial charge in [0.15, 0.2) is 6.10 Å². The van der Waals surface area contributed by atoms with Gasteiger partial charge < -0.3 is 25.7 Å². The Morgan fingerprint density at radius 2 is 1.84 bits per heavy atom. The standard InChI is InChI=1S/C11H21N3O5/c1-3-5-12-9(16)7-14(2)11(19)13-6-4-8(15)10(17)18/h8,15H,3-7H2,1-2H3,(H,12,16)(H,13,19)(H,17,18). The number of hydrogen-bond acceptors (Lipinski definition) is 4. The summed E-state index contributed by atoms with van der Waals surface area (Å²) in [5.41, 5.74) is 0. The Kier molecular flexibility index (Phi) is 8.27. The molecule has 4 N–H and O–H groups in total. The van der Waals surface area contributed by atoms with Gasteiger partial charge >= 0.3 is 12.0 Å². The van der Waals surface area contributed by atoms with Crippen LogP contribution in [0.2, 0.25) is 0 Å². The van der Waals surface area contributed by atoms with Crippen molar-refractivity contribution < 1.29 is 24.6 Å². The molecule has 0 spiro atoms. The molecule has 110 valence electrons. The molecule has 3 amide bonds. The Morgan fingerprint density at radius 3 is 2.37 bits per heavy atom. The van der Waals surface area contributed by atoms with Gasteiger partial charge in [0.25, 0.3) is 0 Å². The van der Waals surface area contributed by atoms with Gasteiger partial charge in [0.05, 0.1) is 0 Å². The van der Waals surface area contributed by atoms with Crippen molar-refractivity contribution in [2.75, 3.05) is 26.7 Å². The zero-order valence-corrected chi connectivity index (χ0v) is 11.2. The van der Waals surface area contributed by atoms with Crippen molar-refractivity contribution in [3.05, 3.63) is 0 Å². The Labute approximate surface area is 111 Å². The van der Waals surface area contributed by atoms with E-state index in [4.69, 9.17) is 10.2 Å². The third-order valence-corrected chi connectivity index (χ3v) is 2.28. The first-order valence-electron chi connectivity index (χ1n) is 6.05. The Balaban J connectivity index is 3.87. The lowest BCUT2D eigenvalue weighted by Gasteiger charge is -2.17. The second-order valence-electron chi connectivity index (χ2n) is 4.08. The summed E-state index contributed by atoms with van der Waals surface area (Å²) in [5.74, 6) is -1.59. The number of carboxylic acids is 1. The van der Waals surface area contributed by atoms with Crippen LogP contribution in [0.4, 0.5) is 4.79 Å². The van der Waals surface area contributed by atoms with Gasteiger partial charge in [0, 0.05) is 26.6 Å². The van der Waals surface area contributed by atoms with E-state index in [1.165, 1.54) is 11.9 Å². The van der Waals surface area contributed by atoms with Crippen molar-refractivity contribution >= 4 is 17.9 Å². The number of aliphatic hydroxyl groups excluding tert-OH is 1. The molecule has 0 saturated carbocycles. The number of urea groups is 1.